The third-order valence-corrected chi connectivity index (χ3v) is 3.97. The van der Waals surface area contributed by atoms with E-state index >= 15 is 0 Å². The molecule has 0 fully saturated rings. The predicted octanol–water partition coefficient (Wildman–Crippen LogP) is 3.66. The van der Waals surface area contributed by atoms with Crippen molar-refractivity contribution in [1.82, 2.24) is 10.3 Å². The number of methoxy groups -OCH3 is 1. The van der Waals surface area contributed by atoms with Gasteiger partial charge >= 0.3 is 0 Å². The second-order valence-electron chi connectivity index (χ2n) is 5.92. The SMILES string of the molecule is CCCCCNC(=O)c1ccc(NCCc2ccc(OC)cc2)nc1. The molecule has 0 aliphatic heterocycles. The first-order valence-corrected chi connectivity index (χ1v) is 8.84. The highest BCUT2D eigenvalue weighted by atomic mass is 16.5. The van der Waals surface area contributed by atoms with E-state index in [2.05, 4.69) is 34.7 Å². The van der Waals surface area contributed by atoms with E-state index in [0.717, 1.165) is 43.8 Å². The van der Waals surface area contributed by atoms with E-state index in [1.807, 2.05) is 18.2 Å². The molecule has 2 rings (SSSR count). The highest BCUT2D eigenvalue weighted by Gasteiger charge is 2.05. The van der Waals surface area contributed by atoms with Gasteiger partial charge in [0.25, 0.3) is 5.91 Å². The maximum Gasteiger partial charge on any atom is 0.252 e. The Morgan fingerprint density at radius 3 is 2.52 bits per heavy atom. The van der Waals surface area contributed by atoms with Crippen molar-refractivity contribution >= 4 is 11.7 Å². The average Bonchev–Trinajstić information content (AvgIpc) is 2.66. The fraction of sp³-hybridized carbons (Fsp3) is 0.400. The molecule has 0 spiro atoms. The van der Waals surface area contributed by atoms with Crippen LogP contribution in [0.25, 0.3) is 0 Å². The Bertz CT molecular complexity index is 639. The Morgan fingerprint density at radius 2 is 1.88 bits per heavy atom. The van der Waals surface area contributed by atoms with Crippen molar-refractivity contribution in [3.8, 4) is 5.75 Å². The maximum atomic E-state index is 12.0. The van der Waals surface area contributed by atoms with Crippen LogP contribution in [-0.4, -0.2) is 31.1 Å². The van der Waals surface area contributed by atoms with E-state index in [4.69, 9.17) is 4.74 Å². The second kappa shape index (κ2) is 10.3. The molecule has 5 heteroatoms. The molecule has 1 aromatic heterocycles. The summed E-state index contributed by atoms with van der Waals surface area (Å²) in [5, 5.41) is 6.19. The summed E-state index contributed by atoms with van der Waals surface area (Å²) >= 11 is 0. The fourth-order valence-electron chi connectivity index (χ4n) is 2.44. The first kappa shape index (κ1) is 18.8. The number of hydrogen-bond acceptors (Lipinski definition) is 4. The zero-order valence-electron chi connectivity index (χ0n) is 15.0. The van der Waals surface area contributed by atoms with Crippen molar-refractivity contribution in [1.29, 1.82) is 0 Å². The Kier molecular flexibility index (Phi) is 7.76. The molecule has 0 saturated heterocycles. The number of ether oxygens (including phenoxy) is 1. The number of carbonyl (C=O) groups is 1. The molecule has 0 radical (unpaired) electrons. The van der Waals surface area contributed by atoms with Crippen LogP contribution >= 0.6 is 0 Å². The van der Waals surface area contributed by atoms with Crippen LogP contribution < -0.4 is 15.4 Å². The van der Waals surface area contributed by atoms with E-state index in [-0.39, 0.29) is 5.91 Å². The summed E-state index contributed by atoms with van der Waals surface area (Å²) < 4.78 is 5.15. The normalized spacial score (nSPS) is 10.3. The molecule has 25 heavy (non-hydrogen) atoms. The molecule has 0 atom stereocenters. The summed E-state index contributed by atoms with van der Waals surface area (Å²) in [4.78, 5) is 16.3. The van der Waals surface area contributed by atoms with Gasteiger partial charge in [-0.25, -0.2) is 4.98 Å². The lowest BCUT2D eigenvalue weighted by molar-refractivity contribution is 0.0952. The number of nitrogens with zero attached hydrogens (tertiary/aromatic N) is 1. The third kappa shape index (κ3) is 6.45. The monoisotopic (exact) mass is 341 g/mol. The van der Waals surface area contributed by atoms with Gasteiger partial charge in [-0.05, 0) is 42.7 Å². The molecule has 134 valence electrons. The summed E-state index contributed by atoms with van der Waals surface area (Å²) in [6.45, 7) is 3.64. The van der Waals surface area contributed by atoms with Crippen molar-refractivity contribution in [3.05, 3.63) is 53.7 Å². The van der Waals surface area contributed by atoms with Crippen LogP contribution in [-0.2, 0) is 6.42 Å². The molecule has 5 nitrogen and oxygen atoms in total. The molecule has 0 aliphatic rings. The van der Waals surface area contributed by atoms with Crippen LogP contribution in [0.4, 0.5) is 5.82 Å². The molecule has 1 heterocycles. The number of rotatable bonds is 10. The molecular weight excluding hydrogens is 314 g/mol. The predicted molar refractivity (Wildman–Crippen MR) is 101 cm³/mol. The van der Waals surface area contributed by atoms with Crippen molar-refractivity contribution < 1.29 is 9.53 Å². The van der Waals surface area contributed by atoms with Crippen molar-refractivity contribution in [3.63, 3.8) is 0 Å². The summed E-state index contributed by atoms with van der Waals surface area (Å²) in [7, 11) is 1.66. The standard InChI is InChI=1S/C20H27N3O2/c1-3-4-5-13-22-20(24)17-8-11-19(23-15-17)21-14-12-16-6-9-18(25-2)10-7-16/h6-11,15H,3-5,12-14H2,1-2H3,(H,21,23)(H,22,24). The topological polar surface area (TPSA) is 63.2 Å². The lowest BCUT2D eigenvalue weighted by atomic mass is 10.1. The van der Waals surface area contributed by atoms with Gasteiger partial charge in [-0.1, -0.05) is 31.9 Å². The van der Waals surface area contributed by atoms with Crippen LogP contribution in [0.15, 0.2) is 42.6 Å². The molecule has 1 amide bonds. The van der Waals surface area contributed by atoms with E-state index in [0.29, 0.717) is 12.1 Å². The molecule has 0 saturated carbocycles. The summed E-state index contributed by atoms with van der Waals surface area (Å²) in [6, 6.07) is 11.7. The average molecular weight is 341 g/mol. The quantitative estimate of drug-likeness (QED) is 0.647. The number of unbranched alkanes of at least 4 members (excludes halogenated alkanes) is 2. The molecule has 0 aliphatic carbocycles. The van der Waals surface area contributed by atoms with Gasteiger partial charge in [-0.3, -0.25) is 4.79 Å². The minimum Gasteiger partial charge on any atom is -0.497 e. The number of carbonyl (C=O) groups excluding carboxylic acids is 1. The van der Waals surface area contributed by atoms with Gasteiger partial charge < -0.3 is 15.4 Å². The van der Waals surface area contributed by atoms with Crippen molar-refractivity contribution in [2.45, 2.75) is 32.6 Å². The highest BCUT2D eigenvalue weighted by molar-refractivity contribution is 5.94. The number of pyridine rings is 1. The first-order valence-electron chi connectivity index (χ1n) is 8.84. The molecule has 2 aromatic rings. The lowest BCUT2D eigenvalue weighted by Gasteiger charge is -2.08. The van der Waals surface area contributed by atoms with Crippen molar-refractivity contribution in [2.75, 3.05) is 25.5 Å². The van der Waals surface area contributed by atoms with Crippen LogP contribution in [0.2, 0.25) is 0 Å². The van der Waals surface area contributed by atoms with E-state index in [1.165, 1.54) is 5.56 Å². The lowest BCUT2D eigenvalue weighted by Crippen LogP contribution is -2.24. The van der Waals surface area contributed by atoms with Gasteiger partial charge in [0.1, 0.15) is 11.6 Å². The summed E-state index contributed by atoms with van der Waals surface area (Å²) in [5.74, 6) is 1.58. The number of benzene rings is 1. The zero-order chi connectivity index (χ0) is 17.9. The first-order chi connectivity index (χ1) is 12.2. The Hall–Kier alpha value is -2.56. The van der Waals surface area contributed by atoms with E-state index < -0.39 is 0 Å². The molecule has 2 N–H and O–H groups in total. The Labute approximate surface area is 149 Å². The van der Waals surface area contributed by atoms with Crippen LogP contribution in [0.5, 0.6) is 5.75 Å². The fourth-order valence-corrected chi connectivity index (χ4v) is 2.44. The number of hydrogen-bond donors (Lipinski definition) is 2. The smallest absolute Gasteiger partial charge is 0.252 e. The van der Waals surface area contributed by atoms with Gasteiger partial charge in [0, 0.05) is 19.3 Å². The second-order valence-corrected chi connectivity index (χ2v) is 5.92. The van der Waals surface area contributed by atoms with E-state index in [1.54, 1.807) is 19.4 Å². The zero-order valence-corrected chi connectivity index (χ0v) is 15.0. The van der Waals surface area contributed by atoms with Gasteiger partial charge in [0.2, 0.25) is 0 Å². The number of nitrogens with one attached hydrogen (secondary N) is 2. The van der Waals surface area contributed by atoms with E-state index in [9.17, 15) is 4.79 Å². The summed E-state index contributed by atoms with van der Waals surface area (Å²) in [6.07, 6.45) is 5.81. The number of aromatic nitrogens is 1. The van der Waals surface area contributed by atoms with Crippen molar-refractivity contribution in [2.24, 2.45) is 0 Å². The maximum absolute atomic E-state index is 12.0. The molecule has 1 aromatic carbocycles. The van der Waals surface area contributed by atoms with Gasteiger partial charge in [-0.2, -0.15) is 0 Å². The molecular formula is C20H27N3O2. The van der Waals surface area contributed by atoms with Gasteiger partial charge in [0.15, 0.2) is 0 Å². The van der Waals surface area contributed by atoms with Crippen LogP contribution in [0.3, 0.4) is 0 Å². The van der Waals surface area contributed by atoms with Crippen LogP contribution in [0, 0.1) is 0 Å². The molecule has 0 bridgehead atoms. The minimum absolute atomic E-state index is 0.0617. The number of anilines is 1. The Morgan fingerprint density at radius 1 is 1.08 bits per heavy atom. The Balaban J connectivity index is 1.74. The highest BCUT2D eigenvalue weighted by Crippen LogP contribution is 2.12. The molecule has 0 unspecified atom stereocenters. The summed E-state index contributed by atoms with van der Waals surface area (Å²) in [5.41, 5.74) is 1.83. The number of amides is 1. The van der Waals surface area contributed by atoms with Gasteiger partial charge in [0.05, 0.1) is 12.7 Å². The largest absolute Gasteiger partial charge is 0.497 e. The third-order valence-electron chi connectivity index (χ3n) is 3.97. The van der Waals surface area contributed by atoms with Gasteiger partial charge in [-0.15, -0.1) is 0 Å². The van der Waals surface area contributed by atoms with Crippen LogP contribution in [0.1, 0.15) is 42.1 Å². The minimum atomic E-state index is -0.0617.